The van der Waals surface area contributed by atoms with Crippen LogP contribution in [0.15, 0.2) is 103 Å². The molecule has 4 aromatic carbocycles. The summed E-state index contributed by atoms with van der Waals surface area (Å²) in [6, 6.07) is 36.5. The molecule has 0 amide bonds. The maximum atomic E-state index is 13.2. The largest absolute Gasteiger partial charge is 2.00 e. The summed E-state index contributed by atoms with van der Waals surface area (Å²) in [7, 11) is 0. The van der Waals surface area contributed by atoms with Crippen LogP contribution in [0.5, 0.6) is 0 Å². The predicted octanol–water partition coefficient (Wildman–Crippen LogP) is 18.1. The van der Waals surface area contributed by atoms with Gasteiger partial charge in [-0.3, -0.25) is 0 Å². The third-order valence-electron chi connectivity index (χ3n) is 14.9. The van der Waals surface area contributed by atoms with Gasteiger partial charge in [-0.15, -0.1) is 22.1 Å². The van der Waals surface area contributed by atoms with Crippen LogP contribution in [0.1, 0.15) is 191 Å². The van der Waals surface area contributed by atoms with Crippen molar-refractivity contribution in [3.05, 3.63) is 165 Å². The van der Waals surface area contributed by atoms with Gasteiger partial charge in [0.05, 0.1) is 28.3 Å². The fourth-order valence-corrected chi connectivity index (χ4v) is 10.1. The molecule has 0 radical (unpaired) electrons. The second kappa shape index (κ2) is 19.5. The first kappa shape index (κ1) is 55.7. The van der Waals surface area contributed by atoms with Crippen molar-refractivity contribution in [3.8, 4) is 44.5 Å². The molecule has 3 aromatic heterocycles. The van der Waals surface area contributed by atoms with Crippen molar-refractivity contribution in [1.82, 2.24) is 19.9 Å². The van der Waals surface area contributed by atoms with Crippen LogP contribution in [0.2, 0.25) is 0 Å². The molecule has 0 fully saturated rings. The van der Waals surface area contributed by atoms with Gasteiger partial charge in [-0.25, -0.2) is 14.8 Å². The van der Waals surface area contributed by atoms with Crippen molar-refractivity contribution in [2.75, 3.05) is 0 Å². The van der Waals surface area contributed by atoms with Gasteiger partial charge in [0.1, 0.15) is 0 Å². The number of carboxylic acids is 1. The molecular formula is C69H76N4NiO2. The van der Waals surface area contributed by atoms with Crippen molar-refractivity contribution < 1.29 is 26.4 Å². The van der Waals surface area contributed by atoms with Gasteiger partial charge in [-0.05, 0) is 141 Å². The first-order chi connectivity index (χ1) is 34.8. The zero-order valence-corrected chi connectivity index (χ0v) is 49.1. The summed E-state index contributed by atoms with van der Waals surface area (Å²) >= 11 is 0. The van der Waals surface area contributed by atoms with E-state index in [-0.39, 0.29) is 54.5 Å². The SMILES string of the molecule is CC(C)(C)c1cc(-c2c3nc(c(-c4cc(C(C)(C)C)cc(C(C)(C)C)c4)c4ccc([n-]4)c(-c4ccccc4C(=O)O)c4nc(c(-c5cc(C(C)(C)C)cc(C(C)(C)C)c5)c5ccc2[n-]5)C=C4)C=C3)cc(C(C)(C)C)c1.[Ni+2]. The van der Waals surface area contributed by atoms with Crippen LogP contribution in [-0.2, 0) is 49.0 Å². The molecule has 2 aliphatic rings. The molecule has 0 saturated heterocycles. The Morgan fingerprint density at radius 3 is 0.882 bits per heavy atom. The molecule has 8 bridgehead atoms. The summed E-state index contributed by atoms with van der Waals surface area (Å²) < 4.78 is 0. The summed E-state index contributed by atoms with van der Waals surface area (Å²) in [5.74, 6) is -1.03. The van der Waals surface area contributed by atoms with Gasteiger partial charge >= 0.3 is 22.5 Å². The monoisotopic (exact) mass is 1050 g/mol. The Kier molecular flexibility index (Phi) is 14.3. The molecule has 0 atom stereocenters. The Hall–Kier alpha value is -6.56. The molecule has 6 nitrogen and oxygen atoms in total. The van der Waals surface area contributed by atoms with E-state index in [9.17, 15) is 9.90 Å². The maximum Gasteiger partial charge on any atom is 2.00 e. The molecule has 0 spiro atoms. The summed E-state index contributed by atoms with van der Waals surface area (Å²) in [5, 5.41) is 10.8. The van der Waals surface area contributed by atoms with E-state index in [1.165, 1.54) is 33.4 Å². The van der Waals surface area contributed by atoms with E-state index in [4.69, 9.17) is 19.9 Å². The number of fused-ring (bicyclic) bond motifs is 8. The number of hydrogen-bond acceptors (Lipinski definition) is 3. The Morgan fingerprint density at radius 2 is 0.618 bits per heavy atom. The molecule has 0 unspecified atom stereocenters. The number of aromatic carboxylic acids is 1. The van der Waals surface area contributed by atoms with Crippen LogP contribution in [0.4, 0.5) is 0 Å². The van der Waals surface area contributed by atoms with Gasteiger partial charge < -0.3 is 15.1 Å². The summed E-state index contributed by atoms with van der Waals surface area (Å²) in [5.41, 5.74) is 19.4. The summed E-state index contributed by atoms with van der Waals surface area (Å²) in [4.78, 5) is 35.7. The number of carbonyl (C=O) groups is 1. The average molecular weight is 1050 g/mol. The van der Waals surface area contributed by atoms with Crippen LogP contribution in [0.25, 0.3) is 90.9 Å². The third kappa shape index (κ3) is 11.0. The van der Waals surface area contributed by atoms with Crippen LogP contribution < -0.4 is 9.97 Å². The van der Waals surface area contributed by atoms with Crippen molar-refractivity contribution in [1.29, 1.82) is 0 Å². The van der Waals surface area contributed by atoms with Gasteiger partial charge in [0.15, 0.2) is 0 Å². The molecule has 0 aliphatic carbocycles. The Labute approximate surface area is 462 Å². The van der Waals surface area contributed by atoms with E-state index in [0.29, 0.717) is 22.3 Å². The van der Waals surface area contributed by atoms with Crippen molar-refractivity contribution in [3.63, 3.8) is 0 Å². The van der Waals surface area contributed by atoms with Crippen molar-refractivity contribution >= 4 is 52.3 Å². The molecule has 7 heteroatoms. The molecule has 5 heterocycles. The van der Waals surface area contributed by atoms with Crippen LogP contribution in [0.3, 0.4) is 0 Å². The average Bonchev–Trinajstić information content (AvgIpc) is 4.16. The molecule has 394 valence electrons. The first-order valence-electron chi connectivity index (χ1n) is 26.6. The molecule has 9 rings (SSSR count). The molecule has 1 N–H and O–H groups in total. The van der Waals surface area contributed by atoms with Crippen LogP contribution in [0, 0.1) is 0 Å². The second-order valence-corrected chi connectivity index (χ2v) is 27.1. The van der Waals surface area contributed by atoms with E-state index in [1.54, 1.807) is 12.1 Å². The first-order valence-corrected chi connectivity index (χ1v) is 26.6. The van der Waals surface area contributed by atoms with E-state index < -0.39 is 5.97 Å². The zero-order valence-electron chi connectivity index (χ0n) is 48.1. The topological polar surface area (TPSA) is 91.3 Å². The van der Waals surface area contributed by atoms with Crippen molar-refractivity contribution in [2.45, 2.75) is 157 Å². The number of hydrogen-bond donors (Lipinski definition) is 1. The molecule has 7 aromatic rings. The Bertz CT molecular complexity index is 3510. The van der Waals surface area contributed by atoms with Gasteiger partial charge in [0.25, 0.3) is 0 Å². The smallest absolute Gasteiger partial charge is 0.657 e. The van der Waals surface area contributed by atoms with Gasteiger partial charge in [0, 0.05) is 0 Å². The van der Waals surface area contributed by atoms with E-state index in [2.05, 4.69) is 216 Å². The Morgan fingerprint density at radius 1 is 0.368 bits per heavy atom. The van der Waals surface area contributed by atoms with Crippen LogP contribution >= 0.6 is 0 Å². The van der Waals surface area contributed by atoms with Crippen molar-refractivity contribution in [2.24, 2.45) is 0 Å². The number of carboxylic acid groups (broad SMARTS) is 1. The van der Waals surface area contributed by atoms with Gasteiger partial charge in [-0.2, -0.15) is 0 Å². The maximum absolute atomic E-state index is 13.2. The Balaban J connectivity index is 0.00000765. The second-order valence-electron chi connectivity index (χ2n) is 27.1. The van der Waals surface area contributed by atoms with Gasteiger partial charge in [0.2, 0.25) is 0 Å². The quantitative estimate of drug-likeness (QED) is 0.173. The minimum atomic E-state index is -1.03. The number of aromatic nitrogens is 4. The number of nitrogens with zero attached hydrogens (tertiary/aromatic N) is 4. The molecule has 2 aliphatic heterocycles. The minimum Gasteiger partial charge on any atom is -0.657 e. The standard InChI is InChI=1S/C69H77N4O2.Ni/c1-64(2,3)43-31-40(32-44(37-43)65(4,5)6)59-51-23-25-53(70-51)60(41-33-45(66(7,8)9)38-46(34-41)67(10,11)12)55-27-29-57(72-55)62(49-21-19-20-22-50(49)63(74)75)58-30-28-56(73-58)61(54-26-24-52(59)71-54)42-35-47(68(13,14)15)39-48(36-42)69(16,17)18;/h19-39H,1-18H3,(H2-,70,71,72,73,74,75);/q-1;+2/p-1. The molecular weight excluding hydrogens is 975 g/mol. The fourth-order valence-electron chi connectivity index (χ4n) is 10.1. The summed E-state index contributed by atoms with van der Waals surface area (Å²) in [6.07, 6.45) is 8.36. The number of rotatable bonds is 5. The zero-order chi connectivity index (χ0) is 54.5. The van der Waals surface area contributed by atoms with E-state index in [1.807, 2.05) is 24.3 Å². The molecule has 0 saturated carbocycles. The van der Waals surface area contributed by atoms with Gasteiger partial charge in [-0.1, -0.05) is 222 Å². The van der Waals surface area contributed by atoms with E-state index >= 15 is 0 Å². The minimum absolute atomic E-state index is 0. The summed E-state index contributed by atoms with van der Waals surface area (Å²) in [6.45, 7) is 40.8. The molecule has 76 heavy (non-hydrogen) atoms. The third-order valence-corrected chi connectivity index (χ3v) is 14.9. The predicted molar refractivity (Wildman–Crippen MR) is 318 cm³/mol. The normalized spacial score (nSPS) is 13.3. The number of benzene rings is 4. The van der Waals surface area contributed by atoms with Crippen LogP contribution in [-0.4, -0.2) is 21.0 Å². The van der Waals surface area contributed by atoms with E-state index in [0.717, 1.165) is 67.0 Å². The fraction of sp³-hybridized carbons (Fsp3) is 0.348.